The van der Waals surface area contributed by atoms with Gasteiger partial charge in [-0.2, -0.15) is 5.26 Å². The Labute approximate surface area is 244 Å². The van der Waals surface area contributed by atoms with Crippen molar-refractivity contribution in [1.82, 2.24) is 15.2 Å². The third-order valence-corrected chi connectivity index (χ3v) is 8.50. The number of aromatic nitrogens is 1. The lowest BCUT2D eigenvalue weighted by atomic mass is 9.90. The van der Waals surface area contributed by atoms with Gasteiger partial charge in [0.2, 0.25) is 0 Å². The summed E-state index contributed by atoms with van der Waals surface area (Å²) in [4.78, 5) is 24.8. The number of benzene rings is 2. The minimum absolute atomic E-state index is 0.0569. The molecule has 0 spiro atoms. The molecule has 0 atom stereocenters. The molecule has 5 rings (SSSR count). The van der Waals surface area contributed by atoms with Crippen LogP contribution in [0.1, 0.15) is 49.7 Å². The number of urea groups is 1. The van der Waals surface area contributed by atoms with Crippen LogP contribution >= 0.6 is 0 Å². The fourth-order valence-corrected chi connectivity index (χ4v) is 6.05. The van der Waals surface area contributed by atoms with E-state index in [1.165, 1.54) is 5.69 Å². The van der Waals surface area contributed by atoms with Crippen LogP contribution in [0.15, 0.2) is 72.9 Å². The largest absolute Gasteiger partial charge is 0.371 e. The predicted molar refractivity (Wildman–Crippen MR) is 165 cm³/mol. The van der Waals surface area contributed by atoms with Crippen LogP contribution in [0, 0.1) is 11.3 Å². The number of hydrogen-bond acceptors (Lipinski definition) is 6. The summed E-state index contributed by atoms with van der Waals surface area (Å²) >= 11 is 0. The Balaban J connectivity index is 1.26. The fourth-order valence-electron chi connectivity index (χ4n) is 6.05. The van der Waals surface area contributed by atoms with Crippen molar-refractivity contribution >= 4 is 23.2 Å². The zero-order valence-corrected chi connectivity index (χ0v) is 24.2. The zero-order chi connectivity index (χ0) is 28.6. The molecule has 2 amide bonds. The van der Waals surface area contributed by atoms with Gasteiger partial charge in [0.15, 0.2) is 0 Å². The molecule has 1 saturated carbocycles. The van der Waals surface area contributed by atoms with Gasteiger partial charge in [-0.3, -0.25) is 4.90 Å². The van der Waals surface area contributed by atoms with Crippen LogP contribution in [0.2, 0.25) is 0 Å². The van der Waals surface area contributed by atoms with Gasteiger partial charge in [-0.05, 0) is 94.6 Å². The zero-order valence-electron chi connectivity index (χ0n) is 24.2. The van der Waals surface area contributed by atoms with Crippen molar-refractivity contribution in [3.8, 4) is 6.07 Å². The maximum atomic E-state index is 13.7. The molecular formula is C33H41N7O. The molecule has 1 aliphatic heterocycles. The van der Waals surface area contributed by atoms with E-state index >= 15 is 0 Å². The molecule has 8 nitrogen and oxygen atoms in total. The number of anilines is 3. The van der Waals surface area contributed by atoms with E-state index in [9.17, 15) is 4.79 Å². The summed E-state index contributed by atoms with van der Waals surface area (Å²) in [6.07, 6.45) is 7.59. The first-order valence-electron chi connectivity index (χ1n) is 14.8. The molecule has 214 valence electrons. The average Bonchev–Trinajstić information content (AvgIpc) is 3.02. The number of pyridine rings is 1. The lowest BCUT2D eigenvalue weighted by Gasteiger charge is -2.38. The van der Waals surface area contributed by atoms with Crippen molar-refractivity contribution in [1.29, 1.82) is 5.26 Å². The van der Waals surface area contributed by atoms with E-state index in [-0.39, 0.29) is 18.1 Å². The summed E-state index contributed by atoms with van der Waals surface area (Å²) in [5.74, 6) is 0.787. The summed E-state index contributed by atoms with van der Waals surface area (Å²) in [7, 11) is 4.33. The van der Waals surface area contributed by atoms with Crippen LogP contribution in [0.5, 0.6) is 0 Å². The van der Waals surface area contributed by atoms with Gasteiger partial charge in [0.1, 0.15) is 11.9 Å². The monoisotopic (exact) mass is 551 g/mol. The number of piperidine rings is 1. The highest BCUT2D eigenvalue weighted by molar-refractivity contribution is 5.92. The lowest BCUT2D eigenvalue weighted by Crippen LogP contribution is -2.48. The molecule has 0 unspecified atom stereocenters. The standard InChI is InChI=1S/C33H41N7O/c1-38(2)28-18-20-39(21-19-28)29-13-15-31(16-14-29)40(33(41)36-23-25-6-4-3-5-7-25)30-11-9-27(10-12-30)37-32-17-8-26(22-34)24-35-32/h3-8,13-17,24,27-28,30H,9-12,18-21,23H2,1-2H3,(H,35,37)(H,36,41)/t27-,30-. The molecular weight excluding hydrogens is 510 g/mol. The predicted octanol–water partition coefficient (Wildman–Crippen LogP) is 5.62. The van der Waals surface area contributed by atoms with Crippen molar-refractivity contribution in [2.24, 2.45) is 0 Å². The molecule has 41 heavy (non-hydrogen) atoms. The minimum atomic E-state index is -0.0569. The Kier molecular flexibility index (Phi) is 9.37. The van der Waals surface area contributed by atoms with E-state index in [4.69, 9.17) is 5.26 Å². The van der Waals surface area contributed by atoms with E-state index in [2.05, 4.69) is 69.8 Å². The van der Waals surface area contributed by atoms with Crippen molar-refractivity contribution < 1.29 is 4.79 Å². The second kappa shape index (κ2) is 13.5. The SMILES string of the molecule is CN(C)C1CCN(c2ccc(N(C(=O)NCc3ccccc3)[C@H]3CC[C@H](Nc4ccc(C#N)cn4)CC3)cc2)CC1. The van der Waals surface area contributed by atoms with E-state index in [0.717, 1.165) is 68.7 Å². The summed E-state index contributed by atoms with van der Waals surface area (Å²) in [6, 6.07) is 25.4. The summed E-state index contributed by atoms with van der Waals surface area (Å²) in [5, 5.41) is 15.7. The van der Waals surface area contributed by atoms with Gasteiger partial charge in [-0.25, -0.2) is 9.78 Å². The number of carbonyl (C=O) groups is 1. The summed E-state index contributed by atoms with van der Waals surface area (Å²) in [6.45, 7) is 2.60. The van der Waals surface area contributed by atoms with Crippen LogP contribution < -0.4 is 20.4 Å². The Morgan fingerprint density at radius 2 is 1.63 bits per heavy atom. The number of amides is 2. The molecule has 2 fully saturated rings. The second-order valence-electron chi connectivity index (χ2n) is 11.4. The third-order valence-electron chi connectivity index (χ3n) is 8.50. The van der Waals surface area contributed by atoms with E-state index < -0.39 is 0 Å². The average molecular weight is 552 g/mol. The molecule has 1 saturated heterocycles. The second-order valence-corrected chi connectivity index (χ2v) is 11.4. The van der Waals surface area contributed by atoms with Crippen LogP contribution in [-0.2, 0) is 6.54 Å². The van der Waals surface area contributed by atoms with Gasteiger partial charge in [-0.1, -0.05) is 30.3 Å². The van der Waals surface area contributed by atoms with Crippen molar-refractivity contribution in [2.75, 3.05) is 42.3 Å². The Morgan fingerprint density at radius 3 is 2.24 bits per heavy atom. The van der Waals surface area contributed by atoms with Crippen LogP contribution in [0.4, 0.5) is 22.0 Å². The normalized spacial score (nSPS) is 19.4. The summed E-state index contributed by atoms with van der Waals surface area (Å²) in [5.41, 5.74) is 3.80. The Hall–Kier alpha value is -4.09. The van der Waals surface area contributed by atoms with Gasteiger partial charge < -0.3 is 20.4 Å². The highest BCUT2D eigenvalue weighted by Gasteiger charge is 2.30. The quantitative estimate of drug-likeness (QED) is 0.378. The van der Waals surface area contributed by atoms with Crippen LogP contribution in [0.25, 0.3) is 0 Å². The Morgan fingerprint density at radius 1 is 0.927 bits per heavy atom. The lowest BCUT2D eigenvalue weighted by molar-refractivity contribution is 0.240. The molecule has 8 heteroatoms. The number of rotatable bonds is 8. The summed E-state index contributed by atoms with van der Waals surface area (Å²) < 4.78 is 0. The fraction of sp³-hybridized carbons (Fsp3) is 0.424. The van der Waals surface area contributed by atoms with Gasteiger partial charge in [0.05, 0.1) is 5.56 Å². The number of nitrogens with zero attached hydrogens (tertiary/aromatic N) is 5. The number of carbonyl (C=O) groups excluding carboxylic acids is 1. The highest BCUT2D eigenvalue weighted by atomic mass is 16.2. The first-order valence-corrected chi connectivity index (χ1v) is 14.8. The van der Waals surface area contributed by atoms with Gasteiger partial charge >= 0.3 is 6.03 Å². The molecule has 3 aromatic rings. The van der Waals surface area contributed by atoms with E-state index in [0.29, 0.717) is 18.2 Å². The molecule has 0 radical (unpaired) electrons. The van der Waals surface area contributed by atoms with Gasteiger partial charge in [-0.15, -0.1) is 0 Å². The van der Waals surface area contributed by atoms with Gasteiger partial charge in [0.25, 0.3) is 0 Å². The molecule has 2 N–H and O–H groups in total. The van der Waals surface area contributed by atoms with Gasteiger partial charge in [0, 0.05) is 55.3 Å². The molecule has 2 heterocycles. The highest BCUT2D eigenvalue weighted by Crippen LogP contribution is 2.31. The van der Waals surface area contributed by atoms with Crippen molar-refractivity contribution in [3.63, 3.8) is 0 Å². The number of nitrogens with one attached hydrogen (secondary N) is 2. The third kappa shape index (κ3) is 7.36. The molecule has 1 aliphatic carbocycles. The molecule has 1 aromatic heterocycles. The van der Waals surface area contributed by atoms with Crippen LogP contribution in [0.3, 0.4) is 0 Å². The maximum Gasteiger partial charge on any atom is 0.322 e. The minimum Gasteiger partial charge on any atom is -0.371 e. The van der Waals surface area contributed by atoms with E-state index in [1.54, 1.807) is 12.3 Å². The molecule has 2 aromatic carbocycles. The Bertz CT molecular complexity index is 1290. The van der Waals surface area contributed by atoms with Crippen LogP contribution in [-0.4, -0.2) is 61.2 Å². The number of nitriles is 1. The smallest absolute Gasteiger partial charge is 0.322 e. The first-order chi connectivity index (χ1) is 20.0. The van der Waals surface area contributed by atoms with Crippen molar-refractivity contribution in [2.45, 2.75) is 63.2 Å². The number of hydrogen-bond donors (Lipinski definition) is 2. The maximum absolute atomic E-state index is 13.7. The molecule has 0 bridgehead atoms. The topological polar surface area (TPSA) is 87.5 Å². The molecule has 2 aliphatic rings. The van der Waals surface area contributed by atoms with Crippen molar-refractivity contribution in [3.05, 3.63) is 84.1 Å². The first kappa shape index (κ1) is 28.4. The van der Waals surface area contributed by atoms with E-state index in [1.807, 2.05) is 41.3 Å².